The van der Waals surface area contributed by atoms with Gasteiger partial charge in [0.05, 0.1) is 6.10 Å². The molecule has 7 heteroatoms. The van der Waals surface area contributed by atoms with E-state index in [0.717, 1.165) is 0 Å². The third kappa shape index (κ3) is 2.60. The van der Waals surface area contributed by atoms with Gasteiger partial charge in [0, 0.05) is 6.54 Å². The van der Waals surface area contributed by atoms with Crippen molar-refractivity contribution in [2.75, 3.05) is 11.9 Å². The van der Waals surface area contributed by atoms with Gasteiger partial charge in [-0.05, 0) is 6.42 Å². The van der Waals surface area contributed by atoms with Gasteiger partial charge in [-0.25, -0.2) is 0 Å². The fourth-order valence-electron chi connectivity index (χ4n) is 1.01. The molecule has 1 atom stereocenters. The first-order chi connectivity index (χ1) is 7.47. The highest BCUT2D eigenvalue weighted by Crippen LogP contribution is 2.21. The van der Waals surface area contributed by atoms with E-state index >= 15 is 0 Å². The summed E-state index contributed by atoms with van der Waals surface area (Å²) in [7, 11) is 0. The second-order valence-corrected chi connectivity index (χ2v) is 3.14. The van der Waals surface area contributed by atoms with Crippen LogP contribution in [0.1, 0.15) is 13.3 Å². The molecule has 16 heavy (non-hydrogen) atoms. The lowest BCUT2D eigenvalue weighted by atomic mass is 10.2. The zero-order chi connectivity index (χ0) is 12.3. The van der Waals surface area contributed by atoms with Crippen LogP contribution in [-0.4, -0.2) is 22.7 Å². The number of aliphatic hydroxyl groups is 1. The van der Waals surface area contributed by atoms with Gasteiger partial charge in [0.15, 0.2) is 0 Å². The van der Waals surface area contributed by atoms with Crippen LogP contribution in [0.15, 0.2) is 0 Å². The summed E-state index contributed by atoms with van der Waals surface area (Å²) in [5.74, 6) is -6.68. The maximum Gasteiger partial charge on any atom is 0.253 e. The number of nitrogens with one attached hydrogen (secondary N) is 1. The molecule has 0 amide bonds. The van der Waals surface area contributed by atoms with Crippen molar-refractivity contribution in [3.05, 3.63) is 23.5 Å². The van der Waals surface area contributed by atoms with Crippen molar-refractivity contribution in [2.24, 2.45) is 0 Å². The maximum atomic E-state index is 13.0. The molecule has 1 aromatic heterocycles. The highest BCUT2D eigenvalue weighted by molar-refractivity contribution is 5.45. The molecular formula is C9H10F4N2O. The molecule has 0 fully saturated rings. The van der Waals surface area contributed by atoms with E-state index in [-0.39, 0.29) is 6.54 Å². The quantitative estimate of drug-likeness (QED) is 0.621. The van der Waals surface area contributed by atoms with Crippen LogP contribution in [0.2, 0.25) is 0 Å². The molecule has 0 spiro atoms. The summed E-state index contributed by atoms with van der Waals surface area (Å²) in [4.78, 5) is 2.39. The van der Waals surface area contributed by atoms with Crippen molar-refractivity contribution in [3.8, 4) is 0 Å². The van der Waals surface area contributed by atoms with Crippen molar-refractivity contribution in [1.82, 2.24) is 4.98 Å². The molecular weight excluding hydrogens is 228 g/mol. The zero-order valence-electron chi connectivity index (χ0n) is 8.40. The Morgan fingerprint density at radius 2 is 1.69 bits per heavy atom. The Morgan fingerprint density at radius 3 is 2.12 bits per heavy atom. The normalized spacial score (nSPS) is 12.6. The standard InChI is InChI=1S/C9H10F4N2O/c1-2-4(16)3-14-7-5(10)8(12)15-9(13)6(7)11/h4,16H,2-3H2,1H3,(H,14,15). The van der Waals surface area contributed by atoms with Gasteiger partial charge in [0.25, 0.3) is 11.9 Å². The summed E-state index contributed by atoms with van der Waals surface area (Å²) in [5, 5.41) is 11.2. The van der Waals surface area contributed by atoms with Crippen molar-refractivity contribution >= 4 is 5.69 Å². The Balaban J connectivity index is 2.94. The van der Waals surface area contributed by atoms with Gasteiger partial charge in [-0.15, -0.1) is 0 Å². The van der Waals surface area contributed by atoms with Gasteiger partial charge in [-0.3, -0.25) is 0 Å². The number of pyridine rings is 1. The number of hydrogen-bond donors (Lipinski definition) is 2. The van der Waals surface area contributed by atoms with Crippen LogP contribution in [0.5, 0.6) is 0 Å². The van der Waals surface area contributed by atoms with Gasteiger partial charge in [-0.2, -0.15) is 22.5 Å². The topological polar surface area (TPSA) is 45.1 Å². The number of halogens is 4. The third-order valence-corrected chi connectivity index (χ3v) is 1.98. The molecule has 90 valence electrons. The number of rotatable bonds is 4. The van der Waals surface area contributed by atoms with Crippen LogP contribution < -0.4 is 5.32 Å². The lowest BCUT2D eigenvalue weighted by molar-refractivity contribution is 0.183. The smallest absolute Gasteiger partial charge is 0.253 e. The Labute approximate surface area is 89.1 Å². The minimum Gasteiger partial charge on any atom is -0.391 e. The summed E-state index contributed by atoms with van der Waals surface area (Å²) >= 11 is 0. The summed E-state index contributed by atoms with van der Waals surface area (Å²) in [6, 6.07) is 0. The van der Waals surface area contributed by atoms with Gasteiger partial charge in [-0.1, -0.05) is 6.92 Å². The van der Waals surface area contributed by atoms with E-state index in [0.29, 0.717) is 6.42 Å². The predicted molar refractivity (Wildman–Crippen MR) is 48.9 cm³/mol. The largest absolute Gasteiger partial charge is 0.391 e. The predicted octanol–water partition coefficient (Wildman–Crippen LogP) is 1.82. The summed E-state index contributed by atoms with van der Waals surface area (Å²) < 4.78 is 51.3. The minimum atomic E-state index is -1.73. The number of anilines is 1. The molecule has 1 aromatic rings. The first-order valence-electron chi connectivity index (χ1n) is 4.59. The number of aliphatic hydroxyl groups excluding tert-OH is 1. The number of aromatic nitrogens is 1. The van der Waals surface area contributed by atoms with E-state index in [2.05, 4.69) is 10.3 Å². The van der Waals surface area contributed by atoms with Gasteiger partial charge < -0.3 is 10.4 Å². The zero-order valence-corrected chi connectivity index (χ0v) is 8.40. The van der Waals surface area contributed by atoms with E-state index in [9.17, 15) is 17.6 Å². The van der Waals surface area contributed by atoms with Crippen LogP contribution in [0.3, 0.4) is 0 Å². The molecule has 0 saturated carbocycles. The molecule has 1 rings (SSSR count). The molecule has 0 aliphatic rings. The van der Waals surface area contributed by atoms with E-state index in [4.69, 9.17) is 5.11 Å². The molecule has 2 N–H and O–H groups in total. The molecule has 0 aromatic carbocycles. The fraction of sp³-hybridized carbons (Fsp3) is 0.444. The third-order valence-electron chi connectivity index (χ3n) is 1.98. The molecule has 0 saturated heterocycles. The van der Waals surface area contributed by atoms with Crippen LogP contribution in [0, 0.1) is 23.5 Å². The molecule has 0 aliphatic carbocycles. The van der Waals surface area contributed by atoms with Crippen molar-refractivity contribution in [2.45, 2.75) is 19.4 Å². The highest BCUT2D eigenvalue weighted by atomic mass is 19.2. The average molecular weight is 238 g/mol. The van der Waals surface area contributed by atoms with Crippen molar-refractivity contribution < 1.29 is 22.7 Å². The average Bonchev–Trinajstić information content (AvgIpc) is 2.26. The Kier molecular flexibility index (Phi) is 4.05. The molecule has 0 aliphatic heterocycles. The first kappa shape index (κ1) is 12.7. The van der Waals surface area contributed by atoms with Crippen molar-refractivity contribution in [1.29, 1.82) is 0 Å². The SMILES string of the molecule is CCC(O)CNc1c(F)c(F)nc(F)c1F. The highest BCUT2D eigenvalue weighted by Gasteiger charge is 2.20. The van der Waals surface area contributed by atoms with E-state index in [1.165, 1.54) is 0 Å². The van der Waals surface area contributed by atoms with Crippen LogP contribution in [0.25, 0.3) is 0 Å². The summed E-state index contributed by atoms with van der Waals surface area (Å²) in [6.07, 6.45) is -0.523. The lowest BCUT2D eigenvalue weighted by Gasteiger charge is -2.12. The molecule has 0 bridgehead atoms. The van der Waals surface area contributed by atoms with Crippen LogP contribution in [-0.2, 0) is 0 Å². The van der Waals surface area contributed by atoms with Crippen LogP contribution >= 0.6 is 0 Å². The van der Waals surface area contributed by atoms with E-state index in [1.807, 2.05) is 0 Å². The minimum absolute atomic E-state index is 0.215. The molecule has 3 nitrogen and oxygen atoms in total. The molecule has 1 heterocycles. The van der Waals surface area contributed by atoms with Gasteiger partial charge in [0.1, 0.15) is 5.69 Å². The van der Waals surface area contributed by atoms with E-state index in [1.54, 1.807) is 6.92 Å². The number of nitrogens with zero attached hydrogens (tertiary/aromatic N) is 1. The fourth-order valence-corrected chi connectivity index (χ4v) is 1.01. The Bertz CT molecular complexity index is 360. The van der Waals surface area contributed by atoms with Gasteiger partial charge in [0.2, 0.25) is 11.6 Å². The summed E-state index contributed by atoms with van der Waals surface area (Å²) in [5.41, 5.74) is -0.961. The van der Waals surface area contributed by atoms with Gasteiger partial charge >= 0.3 is 0 Å². The van der Waals surface area contributed by atoms with Crippen molar-refractivity contribution in [3.63, 3.8) is 0 Å². The second-order valence-electron chi connectivity index (χ2n) is 3.14. The first-order valence-corrected chi connectivity index (χ1v) is 4.59. The monoisotopic (exact) mass is 238 g/mol. The van der Waals surface area contributed by atoms with Crippen LogP contribution in [0.4, 0.5) is 23.2 Å². The summed E-state index contributed by atoms with van der Waals surface area (Å²) in [6.45, 7) is 1.43. The Morgan fingerprint density at radius 1 is 1.19 bits per heavy atom. The number of hydrogen-bond acceptors (Lipinski definition) is 3. The maximum absolute atomic E-state index is 13.0. The lowest BCUT2D eigenvalue weighted by Crippen LogP contribution is -2.20. The Hall–Kier alpha value is -1.37. The van der Waals surface area contributed by atoms with E-state index < -0.39 is 35.3 Å². The molecule has 0 radical (unpaired) electrons. The molecule has 1 unspecified atom stereocenters. The second kappa shape index (κ2) is 5.11.